The summed E-state index contributed by atoms with van der Waals surface area (Å²) in [7, 11) is 5.58. The van der Waals surface area contributed by atoms with Crippen molar-refractivity contribution in [3.63, 3.8) is 0 Å². The van der Waals surface area contributed by atoms with Crippen LogP contribution in [0, 0.1) is 6.92 Å². The molecule has 1 heterocycles. The number of methoxy groups -OCH3 is 2. The predicted octanol–water partition coefficient (Wildman–Crippen LogP) is 5.44. The third kappa shape index (κ3) is 5.72. The van der Waals surface area contributed by atoms with Crippen LogP contribution in [0.2, 0.25) is 0 Å². The van der Waals surface area contributed by atoms with Gasteiger partial charge in [-0.3, -0.25) is 0 Å². The average Bonchev–Trinajstić information content (AvgIpc) is 2.87. The molecule has 1 atom stereocenters. The fourth-order valence-electron chi connectivity index (χ4n) is 4.73. The molecule has 1 fully saturated rings. The van der Waals surface area contributed by atoms with E-state index in [9.17, 15) is 0 Å². The molecule has 3 aromatic carbocycles. The van der Waals surface area contributed by atoms with Gasteiger partial charge in [0.15, 0.2) is 0 Å². The Kier molecular flexibility index (Phi) is 8.09. The number of hydrogen-bond acceptors (Lipinski definition) is 5. The minimum absolute atomic E-state index is 0.476. The minimum atomic E-state index is 0.476. The van der Waals surface area contributed by atoms with Crippen molar-refractivity contribution in [2.24, 2.45) is 0 Å². The molecule has 0 amide bonds. The van der Waals surface area contributed by atoms with Crippen LogP contribution in [-0.2, 0) is 13.2 Å². The van der Waals surface area contributed by atoms with E-state index in [1.165, 1.54) is 36.1 Å². The van der Waals surface area contributed by atoms with Crippen LogP contribution in [0.5, 0.6) is 17.2 Å². The maximum absolute atomic E-state index is 6.23. The molecule has 0 aromatic heterocycles. The highest BCUT2D eigenvalue weighted by Gasteiger charge is 2.19. The molecule has 180 valence electrons. The number of rotatable bonds is 9. The normalized spacial score (nSPS) is 16.3. The van der Waals surface area contributed by atoms with E-state index in [0.29, 0.717) is 19.2 Å². The summed E-state index contributed by atoms with van der Waals surface area (Å²) < 4.78 is 17.7. The highest BCUT2D eigenvalue weighted by molar-refractivity contribution is 5.68. The highest BCUT2D eigenvalue weighted by Crippen LogP contribution is 2.35. The molecule has 1 unspecified atom stereocenters. The van der Waals surface area contributed by atoms with Gasteiger partial charge in [0.2, 0.25) is 0 Å². The Balaban J connectivity index is 1.49. The van der Waals surface area contributed by atoms with Crippen molar-refractivity contribution in [2.75, 3.05) is 34.4 Å². The van der Waals surface area contributed by atoms with Crippen molar-refractivity contribution in [1.82, 2.24) is 10.2 Å². The number of ether oxygens (including phenoxy) is 3. The van der Waals surface area contributed by atoms with Gasteiger partial charge in [0.05, 0.1) is 19.8 Å². The van der Waals surface area contributed by atoms with Gasteiger partial charge in [-0.05, 0) is 55.6 Å². The quantitative estimate of drug-likeness (QED) is 0.460. The number of likely N-dealkylation sites (tertiary alicyclic amines) is 1. The van der Waals surface area contributed by atoms with Gasteiger partial charge in [0.25, 0.3) is 0 Å². The van der Waals surface area contributed by atoms with Gasteiger partial charge in [0, 0.05) is 31.3 Å². The van der Waals surface area contributed by atoms with E-state index in [0.717, 1.165) is 34.9 Å². The van der Waals surface area contributed by atoms with Crippen LogP contribution in [0.15, 0.2) is 60.7 Å². The molecule has 3 aromatic rings. The lowest BCUT2D eigenvalue weighted by Crippen LogP contribution is -2.43. The van der Waals surface area contributed by atoms with Gasteiger partial charge < -0.3 is 24.4 Å². The number of nitrogens with one attached hydrogen (secondary N) is 1. The van der Waals surface area contributed by atoms with Gasteiger partial charge in [-0.2, -0.15) is 0 Å². The van der Waals surface area contributed by atoms with E-state index < -0.39 is 0 Å². The number of benzene rings is 3. The molecule has 0 saturated carbocycles. The van der Waals surface area contributed by atoms with Gasteiger partial charge in [-0.25, -0.2) is 0 Å². The molecular formula is C29H36N2O3. The van der Waals surface area contributed by atoms with E-state index >= 15 is 0 Å². The zero-order valence-corrected chi connectivity index (χ0v) is 20.8. The molecule has 5 nitrogen and oxygen atoms in total. The standard InChI is InChI=1S/C29H36N2O3/c1-21-23(12-8-14-26(21)22-10-6-5-7-11-22)20-34-25-16-28(32-3)27(29(17-25)33-4)18-30-24-13-9-15-31(2)19-24/h5-8,10-12,14,16-17,24,30H,9,13,15,18-20H2,1-4H3. The van der Waals surface area contributed by atoms with Crippen LogP contribution in [0.25, 0.3) is 11.1 Å². The Morgan fingerprint density at radius 1 is 0.971 bits per heavy atom. The van der Waals surface area contributed by atoms with Crippen molar-refractivity contribution in [3.8, 4) is 28.4 Å². The lowest BCUT2D eigenvalue weighted by atomic mass is 9.97. The van der Waals surface area contributed by atoms with Crippen LogP contribution in [0.3, 0.4) is 0 Å². The molecule has 0 radical (unpaired) electrons. The number of likely N-dealkylation sites (N-methyl/N-ethyl adjacent to an activating group) is 1. The smallest absolute Gasteiger partial charge is 0.130 e. The zero-order valence-electron chi connectivity index (χ0n) is 20.8. The average molecular weight is 461 g/mol. The van der Waals surface area contributed by atoms with E-state index in [1.54, 1.807) is 14.2 Å². The molecule has 0 spiro atoms. The van der Waals surface area contributed by atoms with Gasteiger partial charge in [-0.15, -0.1) is 0 Å². The molecule has 1 N–H and O–H groups in total. The first-order valence-corrected chi connectivity index (χ1v) is 12.0. The highest BCUT2D eigenvalue weighted by atomic mass is 16.5. The lowest BCUT2D eigenvalue weighted by molar-refractivity contribution is 0.225. The summed E-state index contributed by atoms with van der Waals surface area (Å²) in [5.74, 6) is 2.29. The summed E-state index contributed by atoms with van der Waals surface area (Å²) in [5, 5.41) is 3.68. The third-order valence-electron chi connectivity index (χ3n) is 6.70. The number of hydrogen-bond donors (Lipinski definition) is 1. The maximum atomic E-state index is 6.23. The Morgan fingerprint density at radius 3 is 2.38 bits per heavy atom. The second kappa shape index (κ2) is 11.4. The Hall–Kier alpha value is -3.02. The summed E-state index contributed by atoms with van der Waals surface area (Å²) in [4.78, 5) is 2.38. The molecule has 34 heavy (non-hydrogen) atoms. The summed E-state index contributed by atoms with van der Waals surface area (Å²) in [5.41, 5.74) is 5.85. The maximum Gasteiger partial charge on any atom is 0.130 e. The van der Waals surface area contributed by atoms with Crippen molar-refractivity contribution in [2.45, 2.75) is 39.0 Å². The van der Waals surface area contributed by atoms with Gasteiger partial charge >= 0.3 is 0 Å². The summed E-state index contributed by atoms with van der Waals surface area (Å²) >= 11 is 0. The van der Waals surface area contributed by atoms with Crippen molar-refractivity contribution < 1.29 is 14.2 Å². The summed E-state index contributed by atoms with van der Waals surface area (Å²) in [6, 6.07) is 21.2. The van der Waals surface area contributed by atoms with Crippen LogP contribution < -0.4 is 19.5 Å². The van der Waals surface area contributed by atoms with Crippen LogP contribution in [0.4, 0.5) is 0 Å². The third-order valence-corrected chi connectivity index (χ3v) is 6.70. The van der Waals surface area contributed by atoms with Crippen molar-refractivity contribution in [3.05, 3.63) is 77.4 Å². The first-order chi connectivity index (χ1) is 16.6. The summed E-state index contributed by atoms with van der Waals surface area (Å²) in [6.45, 7) is 5.56. The first-order valence-electron chi connectivity index (χ1n) is 12.0. The van der Waals surface area contributed by atoms with Gasteiger partial charge in [0.1, 0.15) is 23.9 Å². The predicted molar refractivity (Wildman–Crippen MR) is 138 cm³/mol. The van der Waals surface area contributed by atoms with Crippen LogP contribution in [-0.4, -0.2) is 45.3 Å². The topological polar surface area (TPSA) is 43.0 Å². The molecule has 1 aliphatic heterocycles. The van der Waals surface area contributed by atoms with Crippen molar-refractivity contribution in [1.29, 1.82) is 0 Å². The number of piperidine rings is 1. The Bertz CT molecular complexity index is 1060. The largest absolute Gasteiger partial charge is 0.496 e. The van der Waals surface area contributed by atoms with E-state index in [-0.39, 0.29) is 0 Å². The SMILES string of the molecule is COc1cc(OCc2cccc(-c3ccccc3)c2C)cc(OC)c1CNC1CCCN(C)C1. The molecule has 0 aliphatic carbocycles. The molecule has 5 heteroatoms. The van der Waals surface area contributed by atoms with Crippen LogP contribution >= 0.6 is 0 Å². The minimum Gasteiger partial charge on any atom is -0.496 e. The lowest BCUT2D eigenvalue weighted by Gasteiger charge is -2.30. The zero-order chi connectivity index (χ0) is 23.9. The monoisotopic (exact) mass is 460 g/mol. The van der Waals surface area contributed by atoms with E-state index in [2.05, 4.69) is 66.7 Å². The van der Waals surface area contributed by atoms with Gasteiger partial charge in [-0.1, -0.05) is 48.5 Å². The summed E-state index contributed by atoms with van der Waals surface area (Å²) in [6.07, 6.45) is 2.41. The van der Waals surface area contributed by atoms with E-state index in [4.69, 9.17) is 14.2 Å². The molecule has 4 rings (SSSR count). The van der Waals surface area contributed by atoms with Crippen LogP contribution in [0.1, 0.15) is 29.5 Å². The molecular weight excluding hydrogens is 424 g/mol. The molecule has 1 aliphatic rings. The molecule has 0 bridgehead atoms. The van der Waals surface area contributed by atoms with E-state index in [1.807, 2.05) is 18.2 Å². The number of nitrogens with zero attached hydrogens (tertiary/aromatic N) is 1. The molecule has 1 saturated heterocycles. The second-order valence-corrected chi connectivity index (χ2v) is 9.03. The fourth-order valence-corrected chi connectivity index (χ4v) is 4.73. The first kappa shape index (κ1) is 24.1. The Labute approximate surface area is 203 Å². The Morgan fingerprint density at radius 2 is 1.71 bits per heavy atom. The second-order valence-electron chi connectivity index (χ2n) is 9.03. The van der Waals surface area contributed by atoms with Crippen molar-refractivity contribution >= 4 is 0 Å². The fraction of sp³-hybridized carbons (Fsp3) is 0.379.